The fourth-order valence-electron chi connectivity index (χ4n) is 4.94. The molecular weight excluding hydrogens is 519 g/mol. The van der Waals surface area contributed by atoms with E-state index < -0.39 is 7.60 Å². The SMILES string of the molecule is Cc1cc(OCP2(=O)OCCCCC[C@@H](c3cccc(Cl)c3)O2)cc(C)c1Cc1ccc(O)c(C(C)C)c1. The topological polar surface area (TPSA) is 65.0 Å². The van der Waals surface area contributed by atoms with Gasteiger partial charge < -0.3 is 14.4 Å². The number of rotatable bonds is 7. The lowest BCUT2D eigenvalue weighted by atomic mass is 9.93. The summed E-state index contributed by atoms with van der Waals surface area (Å²) in [7, 11) is -3.52. The van der Waals surface area contributed by atoms with Crippen molar-refractivity contribution in [3.63, 3.8) is 0 Å². The smallest absolute Gasteiger partial charge is 0.368 e. The summed E-state index contributed by atoms with van der Waals surface area (Å²) < 4.78 is 31.8. The number of hydrogen-bond acceptors (Lipinski definition) is 5. The van der Waals surface area contributed by atoms with E-state index in [1.54, 1.807) is 6.07 Å². The van der Waals surface area contributed by atoms with Gasteiger partial charge in [-0.15, -0.1) is 0 Å². The third kappa shape index (κ3) is 7.42. The molecule has 1 aliphatic heterocycles. The molecule has 5 nitrogen and oxygen atoms in total. The van der Waals surface area contributed by atoms with Gasteiger partial charge in [0.05, 0.1) is 12.7 Å². The lowest BCUT2D eigenvalue weighted by molar-refractivity contribution is 0.135. The Balaban J connectivity index is 1.50. The van der Waals surface area contributed by atoms with Gasteiger partial charge in [0, 0.05) is 5.02 Å². The van der Waals surface area contributed by atoms with Gasteiger partial charge in [0.2, 0.25) is 0 Å². The van der Waals surface area contributed by atoms with Crippen molar-refractivity contribution in [2.75, 3.05) is 13.0 Å². The second-order valence-corrected chi connectivity index (χ2v) is 12.9. The first-order valence-electron chi connectivity index (χ1n) is 13.4. The van der Waals surface area contributed by atoms with Gasteiger partial charge in [0.1, 0.15) is 11.5 Å². The van der Waals surface area contributed by atoms with Crippen molar-refractivity contribution in [3.05, 3.63) is 93.0 Å². The fraction of sp³-hybridized carbons (Fsp3) is 0.419. The van der Waals surface area contributed by atoms with E-state index in [9.17, 15) is 9.67 Å². The summed E-state index contributed by atoms with van der Waals surface area (Å²) in [6.07, 6.45) is 3.76. The van der Waals surface area contributed by atoms with E-state index in [0.717, 1.165) is 59.9 Å². The summed E-state index contributed by atoms with van der Waals surface area (Å²) in [5, 5.41) is 10.8. The van der Waals surface area contributed by atoms with Crippen molar-refractivity contribution < 1.29 is 23.5 Å². The van der Waals surface area contributed by atoms with E-state index >= 15 is 0 Å². The van der Waals surface area contributed by atoms with E-state index in [4.69, 9.17) is 25.4 Å². The Morgan fingerprint density at radius 3 is 2.53 bits per heavy atom. The Morgan fingerprint density at radius 1 is 1.05 bits per heavy atom. The van der Waals surface area contributed by atoms with Crippen LogP contribution in [0.1, 0.15) is 84.9 Å². The largest absolute Gasteiger partial charge is 0.508 e. The molecule has 0 bridgehead atoms. The molecule has 0 spiro atoms. The quantitative estimate of drug-likeness (QED) is 0.294. The Hall–Kier alpha value is -2.30. The van der Waals surface area contributed by atoms with Crippen LogP contribution < -0.4 is 4.74 Å². The van der Waals surface area contributed by atoms with Gasteiger partial charge in [-0.2, -0.15) is 0 Å². The van der Waals surface area contributed by atoms with Crippen LogP contribution in [0.5, 0.6) is 11.5 Å². The molecule has 1 saturated heterocycles. The third-order valence-corrected chi connectivity index (χ3v) is 8.89. The summed E-state index contributed by atoms with van der Waals surface area (Å²) in [5.74, 6) is 1.22. The van der Waals surface area contributed by atoms with Gasteiger partial charge in [-0.05, 0) is 103 Å². The summed E-state index contributed by atoms with van der Waals surface area (Å²) in [5.41, 5.74) is 6.38. The first-order chi connectivity index (χ1) is 18.1. The fourth-order valence-corrected chi connectivity index (χ4v) is 6.67. The van der Waals surface area contributed by atoms with Crippen molar-refractivity contribution in [2.45, 2.75) is 71.8 Å². The van der Waals surface area contributed by atoms with Gasteiger partial charge >= 0.3 is 7.60 Å². The van der Waals surface area contributed by atoms with E-state index in [0.29, 0.717) is 23.1 Å². The minimum Gasteiger partial charge on any atom is -0.508 e. The number of phenols is 1. The van der Waals surface area contributed by atoms with Crippen LogP contribution in [0.15, 0.2) is 54.6 Å². The van der Waals surface area contributed by atoms with Crippen molar-refractivity contribution in [2.24, 2.45) is 0 Å². The summed E-state index contributed by atoms with van der Waals surface area (Å²) >= 11 is 6.21. The first kappa shape index (κ1) is 28.7. The van der Waals surface area contributed by atoms with Crippen molar-refractivity contribution in [1.29, 1.82) is 0 Å². The van der Waals surface area contributed by atoms with E-state index in [-0.39, 0.29) is 18.4 Å². The van der Waals surface area contributed by atoms with Crippen LogP contribution in [0.4, 0.5) is 0 Å². The highest BCUT2D eigenvalue weighted by Gasteiger charge is 2.32. The zero-order valence-electron chi connectivity index (χ0n) is 22.7. The van der Waals surface area contributed by atoms with Crippen LogP contribution in [-0.2, 0) is 20.0 Å². The second kappa shape index (κ2) is 12.7. The number of aromatic hydroxyl groups is 1. The second-order valence-electron chi connectivity index (χ2n) is 10.5. The Labute approximate surface area is 231 Å². The highest BCUT2D eigenvalue weighted by atomic mass is 35.5. The van der Waals surface area contributed by atoms with Crippen LogP contribution in [0.3, 0.4) is 0 Å². The Morgan fingerprint density at radius 2 is 1.82 bits per heavy atom. The van der Waals surface area contributed by atoms with E-state index in [1.807, 2.05) is 42.5 Å². The molecule has 1 unspecified atom stereocenters. The number of phenolic OH excluding ortho intramolecular Hbond substituents is 1. The number of aryl methyl sites for hydroxylation is 2. The van der Waals surface area contributed by atoms with Crippen LogP contribution in [0, 0.1) is 13.8 Å². The maximum atomic E-state index is 13.8. The van der Waals surface area contributed by atoms with Crippen molar-refractivity contribution in [3.8, 4) is 11.5 Å². The third-order valence-electron chi connectivity index (χ3n) is 7.06. The predicted molar refractivity (Wildman–Crippen MR) is 154 cm³/mol. The average Bonchev–Trinajstić information content (AvgIpc) is 2.96. The predicted octanol–water partition coefficient (Wildman–Crippen LogP) is 9.25. The van der Waals surface area contributed by atoms with Gasteiger partial charge in [-0.25, -0.2) is 0 Å². The molecule has 0 amide bonds. The lowest BCUT2D eigenvalue weighted by Gasteiger charge is -2.24. The number of halogens is 1. The molecule has 1 fully saturated rings. The lowest BCUT2D eigenvalue weighted by Crippen LogP contribution is -2.10. The Kier molecular flexibility index (Phi) is 9.59. The molecule has 1 N–H and O–H groups in total. The first-order valence-corrected chi connectivity index (χ1v) is 15.5. The molecule has 0 aromatic heterocycles. The van der Waals surface area contributed by atoms with Crippen LogP contribution in [0.25, 0.3) is 0 Å². The van der Waals surface area contributed by atoms with E-state index in [2.05, 4.69) is 33.8 Å². The minimum atomic E-state index is -3.52. The molecule has 3 aromatic carbocycles. The van der Waals surface area contributed by atoms with Crippen molar-refractivity contribution >= 4 is 19.2 Å². The molecule has 1 aliphatic rings. The number of hydrogen-bond donors (Lipinski definition) is 1. The van der Waals surface area contributed by atoms with Gasteiger partial charge in [-0.1, -0.05) is 62.6 Å². The number of ether oxygens (including phenoxy) is 1. The zero-order chi connectivity index (χ0) is 27.3. The zero-order valence-corrected chi connectivity index (χ0v) is 24.4. The number of benzene rings is 3. The molecule has 7 heteroatoms. The average molecular weight is 557 g/mol. The molecule has 2 atom stereocenters. The van der Waals surface area contributed by atoms with Gasteiger partial charge in [0.25, 0.3) is 0 Å². The molecule has 204 valence electrons. The summed E-state index contributed by atoms with van der Waals surface area (Å²) in [4.78, 5) is 0. The molecule has 0 saturated carbocycles. The standard InChI is InChI=1S/C31H38ClO5P/c1-21(2)28-17-24(12-13-30(28)33)18-29-22(3)15-27(16-23(29)4)35-20-38(34)36-14-7-5-6-11-31(37-38)25-9-8-10-26(32)19-25/h8-10,12-13,15-17,19,21,31,33H,5-7,11,14,18,20H2,1-4H3/t31-,38?/m0/s1. The highest BCUT2D eigenvalue weighted by Crippen LogP contribution is 2.54. The molecule has 0 aliphatic carbocycles. The maximum Gasteiger partial charge on any atom is 0.368 e. The molecule has 4 rings (SSSR count). The van der Waals surface area contributed by atoms with Crippen molar-refractivity contribution in [1.82, 2.24) is 0 Å². The van der Waals surface area contributed by atoms with Crippen LogP contribution >= 0.6 is 19.2 Å². The van der Waals surface area contributed by atoms with Gasteiger partial charge in [0.15, 0.2) is 6.35 Å². The highest BCUT2D eigenvalue weighted by molar-refractivity contribution is 7.53. The maximum absolute atomic E-state index is 13.8. The van der Waals surface area contributed by atoms with Gasteiger partial charge in [-0.3, -0.25) is 9.09 Å². The van der Waals surface area contributed by atoms with E-state index in [1.165, 1.54) is 5.56 Å². The molecule has 1 heterocycles. The molecule has 0 radical (unpaired) electrons. The van der Waals surface area contributed by atoms with Crippen LogP contribution in [0.2, 0.25) is 5.02 Å². The van der Waals surface area contributed by atoms with Crippen LogP contribution in [-0.4, -0.2) is 18.1 Å². The summed E-state index contributed by atoms with van der Waals surface area (Å²) in [6.45, 7) is 8.65. The molecule has 38 heavy (non-hydrogen) atoms. The molecular formula is C31H38ClO5P. The monoisotopic (exact) mass is 556 g/mol. The molecule has 3 aromatic rings. The normalized spacial score (nSPS) is 20.5. The summed E-state index contributed by atoms with van der Waals surface area (Å²) in [6, 6.07) is 17.3. The Bertz CT molecular complexity index is 1280. The minimum absolute atomic E-state index is 0.155.